The molecule has 0 bridgehead atoms. The predicted molar refractivity (Wildman–Crippen MR) is 48.6 cm³/mol. The molecule has 0 spiro atoms. The van der Waals surface area contributed by atoms with E-state index in [2.05, 4.69) is 11.1 Å². The van der Waals surface area contributed by atoms with Crippen LogP contribution in [0.1, 0.15) is 6.92 Å². The van der Waals surface area contributed by atoms with Crippen molar-refractivity contribution in [3.8, 4) is 5.88 Å². The molecule has 1 aromatic rings. The molecule has 1 rings (SSSR count). The second kappa shape index (κ2) is 3.95. The van der Waals surface area contributed by atoms with Crippen LogP contribution in [0.15, 0.2) is 12.1 Å². The van der Waals surface area contributed by atoms with E-state index in [9.17, 15) is 0 Å². The highest BCUT2D eigenvalue weighted by atomic mass is 16.5. The summed E-state index contributed by atoms with van der Waals surface area (Å²) in [6.07, 6.45) is 0. The summed E-state index contributed by atoms with van der Waals surface area (Å²) in [4.78, 5) is 6.14. The van der Waals surface area contributed by atoms with Gasteiger partial charge in [0.1, 0.15) is 5.82 Å². The van der Waals surface area contributed by atoms with Crippen LogP contribution in [0.25, 0.3) is 0 Å². The van der Waals surface area contributed by atoms with Crippen LogP contribution in [-0.4, -0.2) is 25.7 Å². The summed E-state index contributed by atoms with van der Waals surface area (Å²) in [5.41, 5.74) is 0. The fourth-order valence-corrected chi connectivity index (χ4v) is 0.821. The van der Waals surface area contributed by atoms with Crippen LogP contribution in [0, 0.1) is 6.07 Å². The standard InChI is InChI=1S/C9H13N2O/c1-4-12-9-7-5-6-8(10-9)11(2)3/h5-6H,4H2,1-3H3. The highest BCUT2D eigenvalue weighted by molar-refractivity contribution is 5.37. The van der Waals surface area contributed by atoms with E-state index in [1.54, 1.807) is 0 Å². The minimum atomic E-state index is 0.559. The summed E-state index contributed by atoms with van der Waals surface area (Å²) in [6.45, 7) is 2.55. The average Bonchev–Trinajstić information content (AvgIpc) is 2.05. The van der Waals surface area contributed by atoms with Gasteiger partial charge in [0.15, 0.2) is 0 Å². The second-order valence-electron chi connectivity index (χ2n) is 2.58. The monoisotopic (exact) mass is 165 g/mol. The highest BCUT2D eigenvalue weighted by Crippen LogP contribution is 2.12. The molecule has 0 aliphatic carbocycles. The zero-order valence-corrected chi connectivity index (χ0v) is 7.66. The van der Waals surface area contributed by atoms with Gasteiger partial charge in [0.25, 0.3) is 0 Å². The molecule has 0 aliphatic heterocycles. The smallest absolute Gasteiger partial charge is 0.223 e. The van der Waals surface area contributed by atoms with Gasteiger partial charge in [0.05, 0.1) is 6.61 Å². The Hall–Kier alpha value is -1.25. The van der Waals surface area contributed by atoms with Crippen molar-refractivity contribution >= 4 is 5.82 Å². The van der Waals surface area contributed by atoms with Crippen LogP contribution in [0.5, 0.6) is 5.88 Å². The van der Waals surface area contributed by atoms with E-state index in [4.69, 9.17) is 4.74 Å². The number of pyridine rings is 1. The van der Waals surface area contributed by atoms with Crippen molar-refractivity contribution in [2.24, 2.45) is 0 Å². The van der Waals surface area contributed by atoms with E-state index < -0.39 is 0 Å². The number of rotatable bonds is 3. The Balaban J connectivity index is 2.81. The third-order valence-electron chi connectivity index (χ3n) is 1.39. The van der Waals surface area contributed by atoms with Crippen LogP contribution in [0.4, 0.5) is 5.82 Å². The first-order chi connectivity index (χ1) is 5.74. The first-order valence-electron chi connectivity index (χ1n) is 3.93. The number of ether oxygens (including phenoxy) is 1. The SMILES string of the molecule is CCOc1[c]ccc(N(C)C)n1. The molecule has 0 saturated heterocycles. The van der Waals surface area contributed by atoms with Gasteiger partial charge in [-0.15, -0.1) is 0 Å². The third-order valence-corrected chi connectivity index (χ3v) is 1.39. The van der Waals surface area contributed by atoms with Crippen molar-refractivity contribution in [2.75, 3.05) is 25.6 Å². The lowest BCUT2D eigenvalue weighted by Gasteiger charge is -2.11. The Morgan fingerprint density at radius 2 is 2.33 bits per heavy atom. The minimum absolute atomic E-state index is 0.559. The number of nitrogens with zero attached hydrogens (tertiary/aromatic N) is 2. The van der Waals surface area contributed by atoms with E-state index >= 15 is 0 Å². The molecular formula is C9H13N2O. The Morgan fingerprint density at radius 3 is 2.92 bits per heavy atom. The van der Waals surface area contributed by atoms with Crippen molar-refractivity contribution in [3.63, 3.8) is 0 Å². The highest BCUT2D eigenvalue weighted by Gasteiger charge is 1.98. The average molecular weight is 165 g/mol. The molecular weight excluding hydrogens is 152 g/mol. The lowest BCUT2D eigenvalue weighted by molar-refractivity contribution is 0.326. The van der Waals surface area contributed by atoms with Gasteiger partial charge in [0.2, 0.25) is 5.88 Å². The molecule has 1 radical (unpaired) electrons. The fourth-order valence-electron chi connectivity index (χ4n) is 0.821. The number of anilines is 1. The zero-order chi connectivity index (χ0) is 8.97. The van der Waals surface area contributed by atoms with Gasteiger partial charge in [-0.25, -0.2) is 0 Å². The van der Waals surface area contributed by atoms with Crippen LogP contribution in [0.2, 0.25) is 0 Å². The lowest BCUT2D eigenvalue weighted by Crippen LogP contribution is -2.10. The molecule has 3 heteroatoms. The Morgan fingerprint density at radius 1 is 1.58 bits per heavy atom. The van der Waals surface area contributed by atoms with Crippen LogP contribution < -0.4 is 9.64 Å². The number of aromatic nitrogens is 1. The van der Waals surface area contributed by atoms with Crippen molar-refractivity contribution in [1.82, 2.24) is 4.98 Å². The van der Waals surface area contributed by atoms with Gasteiger partial charge < -0.3 is 9.64 Å². The predicted octanol–water partition coefficient (Wildman–Crippen LogP) is 1.35. The second-order valence-corrected chi connectivity index (χ2v) is 2.58. The van der Waals surface area contributed by atoms with Gasteiger partial charge in [-0.3, -0.25) is 0 Å². The van der Waals surface area contributed by atoms with Crippen molar-refractivity contribution in [3.05, 3.63) is 18.2 Å². The summed E-state index contributed by atoms with van der Waals surface area (Å²) in [5, 5.41) is 0. The quantitative estimate of drug-likeness (QED) is 0.676. The van der Waals surface area contributed by atoms with Crippen LogP contribution >= 0.6 is 0 Å². The van der Waals surface area contributed by atoms with Crippen molar-refractivity contribution in [1.29, 1.82) is 0 Å². The minimum Gasteiger partial charge on any atom is -0.477 e. The molecule has 1 heterocycles. The van der Waals surface area contributed by atoms with E-state index in [0.717, 1.165) is 5.82 Å². The lowest BCUT2D eigenvalue weighted by atomic mass is 10.4. The summed E-state index contributed by atoms with van der Waals surface area (Å²) in [5.74, 6) is 1.45. The Bertz CT molecular complexity index is 248. The summed E-state index contributed by atoms with van der Waals surface area (Å²) in [7, 11) is 3.89. The molecule has 0 N–H and O–H groups in total. The molecule has 0 amide bonds. The maximum absolute atomic E-state index is 5.20. The maximum atomic E-state index is 5.20. The molecule has 0 aliphatic rings. The topological polar surface area (TPSA) is 25.4 Å². The molecule has 0 atom stereocenters. The van der Waals surface area contributed by atoms with E-state index in [1.165, 1.54) is 0 Å². The molecule has 0 saturated carbocycles. The van der Waals surface area contributed by atoms with Crippen LogP contribution in [0.3, 0.4) is 0 Å². The summed E-state index contributed by atoms with van der Waals surface area (Å²) < 4.78 is 5.20. The van der Waals surface area contributed by atoms with Gasteiger partial charge >= 0.3 is 0 Å². The fraction of sp³-hybridized carbons (Fsp3) is 0.444. The van der Waals surface area contributed by atoms with E-state index in [-0.39, 0.29) is 0 Å². The zero-order valence-electron chi connectivity index (χ0n) is 7.66. The van der Waals surface area contributed by atoms with Crippen molar-refractivity contribution in [2.45, 2.75) is 6.92 Å². The molecule has 0 unspecified atom stereocenters. The Kier molecular flexibility index (Phi) is 2.91. The van der Waals surface area contributed by atoms with E-state index in [1.807, 2.05) is 38.1 Å². The van der Waals surface area contributed by atoms with Gasteiger partial charge in [0, 0.05) is 20.2 Å². The maximum Gasteiger partial charge on any atom is 0.223 e. The van der Waals surface area contributed by atoms with Crippen molar-refractivity contribution < 1.29 is 4.74 Å². The summed E-state index contributed by atoms with van der Waals surface area (Å²) in [6, 6.07) is 6.61. The molecule has 0 aromatic carbocycles. The molecule has 12 heavy (non-hydrogen) atoms. The van der Waals surface area contributed by atoms with E-state index in [0.29, 0.717) is 12.5 Å². The first-order valence-corrected chi connectivity index (χ1v) is 3.93. The molecule has 65 valence electrons. The molecule has 0 fully saturated rings. The van der Waals surface area contributed by atoms with Gasteiger partial charge in [-0.1, -0.05) is 0 Å². The largest absolute Gasteiger partial charge is 0.477 e. The Labute approximate surface area is 73.0 Å². The first kappa shape index (κ1) is 8.84. The third kappa shape index (κ3) is 2.12. The van der Waals surface area contributed by atoms with Gasteiger partial charge in [-0.05, 0) is 19.1 Å². The molecule has 1 aromatic heterocycles. The number of hydrogen-bond donors (Lipinski definition) is 0. The number of hydrogen-bond acceptors (Lipinski definition) is 3. The summed E-state index contributed by atoms with van der Waals surface area (Å²) >= 11 is 0. The van der Waals surface area contributed by atoms with Crippen LogP contribution in [-0.2, 0) is 0 Å². The normalized spacial score (nSPS) is 9.58. The van der Waals surface area contributed by atoms with Gasteiger partial charge in [-0.2, -0.15) is 4.98 Å². The molecule has 3 nitrogen and oxygen atoms in total.